The number of hydrogen-bond donors (Lipinski definition) is 2. The molecule has 5 rings (SSSR count). The van der Waals surface area contributed by atoms with Crippen molar-refractivity contribution in [1.29, 1.82) is 0 Å². The topological polar surface area (TPSA) is 94.5 Å². The van der Waals surface area contributed by atoms with Crippen LogP contribution in [0.4, 0.5) is 0 Å². The van der Waals surface area contributed by atoms with Gasteiger partial charge in [-0.1, -0.05) is 36.4 Å². The molecule has 0 fully saturated rings. The smallest absolute Gasteiger partial charge is 0.288 e. The van der Waals surface area contributed by atoms with Crippen molar-refractivity contribution in [3.8, 4) is 27.8 Å². The number of carbonyl (C=O) groups excluding carboxylic acids is 2. The summed E-state index contributed by atoms with van der Waals surface area (Å²) >= 11 is 1.53. The Kier molecular flexibility index (Phi) is 5.30. The SMILES string of the molecule is O=C(NNC(=O)[C@H]1COc2ccccc2O1)c1cc(-c2cccs2)nn1-c1ccccc1. The number of ether oxygens (including phenoxy) is 2. The minimum atomic E-state index is -0.883. The molecular formula is C23H18N4O4S. The summed E-state index contributed by atoms with van der Waals surface area (Å²) in [6, 6.07) is 22.0. The van der Waals surface area contributed by atoms with Gasteiger partial charge in [-0.05, 0) is 41.8 Å². The van der Waals surface area contributed by atoms with Crippen molar-refractivity contribution in [3.63, 3.8) is 0 Å². The van der Waals surface area contributed by atoms with Crippen molar-refractivity contribution < 1.29 is 19.1 Å². The van der Waals surface area contributed by atoms with Gasteiger partial charge in [-0.25, -0.2) is 4.68 Å². The largest absolute Gasteiger partial charge is 0.485 e. The molecule has 0 unspecified atom stereocenters. The first kappa shape index (κ1) is 19.8. The second-order valence-corrected chi connectivity index (χ2v) is 7.89. The second kappa shape index (κ2) is 8.56. The number of fused-ring (bicyclic) bond motifs is 1. The summed E-state index contributed by atoms with van der Waals surface area (Å²) in [6.45, 7) is 0.0448. The van der Waals surface area contributed by atoms with E-state index in [9.17, 15) is 9.59 Å². The van der Waals surface area contributed by atoms with E-state index in [0.29, 0.717) is 17.2 Å². The van der Waals surface area contributed by atoms with E-state index in [0.717, 1.165) is 10.6 Å². The van der Waals surface area contributed by atoms with Gasteiger partial charge in [0.2, 0.25) is 6.10 Å². The van der Waals surface area contributed by atoms with Crippen LogP contribution in [0.5, 0.6) is 11.5 Å². The lowest BCUT2D eigenvalue weighted by Gasteiger charge is -2.25. The number of rotatable bonds is 4. The molecule has 0 radical (unpaired) electrons. The molecule has 9 heteroatoms. The lowest BCUT2D eigenvalue weighted by molar-refractivity contribution is -0.131. The Bertz CT molecular complexity index is 1250. The molecule has 0 saturated heterocycles. The molecule has 2 N–H and O–H groups in total. The van der Waals surface area contributed by atoms with Crippen LogP contribution in [0.2, 0.25) is 0 Å². The summed E-state index contributed by atoms with van der Waals surface area (Å²) in [6.07, 6.45) is -0.883. The van der Waals surface area contributed by atoms with E-state index < -0.39 is 17.9 Å². The predicted molar refractivity (Wildman–Crippen MR) is 119 cm³/mol. The number of para-hydroxylation sites is 3. The van der Waals surface area contributed by atoms with Gasteiger partial charge in [0.25, 0.3) is 11.8 Å². The van der Waals surface area contributed by atoms with Crippen LogP contribution in [0.25, 0.3) is 16.3 Å². The number of carbonyl (C=O) groups is 2. The average Bonchev–Trinajstić information content (AvgIpc) is 3.53. The molecule has 1 atom stereocenters. The van der Waals surface area contributed by atoms with Crippen LogP contribution in [0.1, 0.15) is 10.5 Å². The Labute approximate surface area is 187 Å². The third kappa shape index (κ3) is 3.93. The van der Waals surface area contributed by atoms with E-state index in [1.54, 1.807) is 28.9 Å². The van der Waals surface area contributed by atoms with Crippen LogP contribution in [0, 0.1) is 0 Å². The van der Waals surface area contributed by atoms with Gasteiger partial charge in [-0.2, -0.15) is 5.10 Å². The summed E-state index contributed by atoms with van der Waals surface area (Å²) in [5.41, 5.74) is 6.56. The van der Waals surface area contributed by atoms with E-state index in [1.165, 1.54) is 11.3 Å². The van der Waals surface area contributed by atoms with Crippen LogP contribution in [-0.4, -0.2) is 34.3 Å². The third-order valence-electron chi connectivity index (χ3n) is 4.82. The predicted octanol–water partition coefficient (Wildman–Crippen LogP) is 3.20. The molecule has 160 valence electrons. The zero-order chi connectivity index (χ0) is 21.9. The van der Waals surface area contributed by atoms with Crippen LogP contribution in [-0.2, 0) is 4.79 Å². The van der Waals surface area contributed by atoms with E-state index in [-0.39, 0.29) is 12.3 Å². The maximum absolute atomic E-state index is 13.0. The molecule has 4 aromatic rings. The fraction of sp³-hybridized carbons (Fsp3) is 0.0870. The average molecular weight is 446 g/mol. The monoisotopic (exact) mass is 446 g/mol. The van der Waals surface area contributed by atoms with Gasteiger partial charge in [0.05, 0.1) is 10.6 Å². The number of thiophene rings is 1. The molecule has 2 amide bonds. The van der Waals surface area contributed by atoms with Gasteiger partial charge in [0.1, 0.15) is 18.0 Å². The summed E-state index contributed by atoms with van der Waals surface area (Å²) in [4.78, 5) is 26.4. The zero-order valence-corrected chi connectivity index (χ0v) is 17.5. The maximum Gasteiger partial charge on any atom is 0.288 e. The summed E-state index contributed by atoms with van der Waals surface area (Å²) in [5, 5.41) is 6.54. The molecule has 0 saturated carbocycles. The van der Waals surface area contributed by atoms with Crippen molar-refractivity contribution in [2.75, 3.05) is 6.61 Å². The van der Waals surface area contributed by atoms with Crippen molar-refractivity contribution >= 4 is 23.2 Å². The van der Waals surface area contributed by atoms with Gasteiger partial charge in [-0.15, -0.1) is 11.3 Å². The van der Waals surface area contributed by atoms with Crippen molar-refractivity contribution in [2.24, 2.45) is 0 Å². The minimum absolute atomic E-state index is 0.0448. The summed E-state index contributed by atoms with van der Waals surface area (Å²) in [7, 11) is 0. The van der Waals surface area contributed by atoms with E-state index in [1.807, 2.05) is 53.9 Å². The molecule has 0 aliphatic carbocycles. The quantitative estimate of drug-likeness (QED) is 0.470. The first-order chi connectivity index (χ1) is 15.7. The molecule has 1 aliphatic heterocycles. The number of aromatic nitrogens is 2. The zero-order valence-electron chi connectivity index (χ0n) is 16.7. The Morgan fingerprint density at radius 2 is 1.75 bits per heavy atom. The maximum atomic E-state index is 13.0. The molecule has 32 heavy (non-hydrogen) atoms. The highest BCUT2D eigenvalue weighted by atomic mass is 32.1. The fourth-order valence-electron chi connectivity index (χ4n) is 3.27. The first-order valence-corrected chi connectivity index (χ1v) is 10.7. The lowest BCUT2D eigenvalue weighted by atomic mass is 10.2. The van der Waals surface area contributed by atoms with Gasteiger partial charge in [0, 0.05) is 0 Å². The normalized spacial score (nSPS) is 14.6. The summed E-state index contributed by atoms with van der Waals surface area (Å²) in [5.74, 6) is 0.0353. The summed E-state index contributed by atoms with van der Waals surface area (Å²) < 4.78 is 12.8. The van der Waals surface area contributed by atoms with Crippen LogP contribution >= 0.6 is 11.3 Å². The van der Waals surface area contributed by atoms with Crippen molar-refractivity contribution in [1.82, 2.24) is 20.6 Å². The minimum Gasteiger partial charge on any atom is -0.485 e. The Morgan fingerprint density at radius 1 is 0.969 bits per heavy atom. The van der Waals surface area contributed by atoms with Gasteiger partial charge in [0.15, 0.2) is 11.5 Å². The number of amides is 2. The molecule has 0 spiro atoms. The third-order valence-corrected chi connectivity index (χ3v) is 5.71. The highest BCUT2D eigenvalue weighted by Gasteiger charge is 2.28. The van der Waals surface area contributed by atoms with Crippen LogP contribution in [0.3, 0.4) is 0 Å². The molecule has 3 heterocycles. The highest BCUT2D eigenvalue weighted by molar-refractivity contribution is 7.13. The number of nitrogens with zero attached hydrogens (tertiary/aromatic N) is 2. The lowest BCUT2D eigenvalue weighted by Crippen LogP contribution is -2.51. The molecule has 0 bridgehead atoms. The standard InChI is InChI=1S/C23H18N4O4S/c28-22(24-25-23(29)20-14-30-18-9-4-5-10-19(18)31-20)17-13-16(21-11-6-12-32-21)26-27(17)15-7-2-1-3-8-15/h1-13,20H,14H2,(H,24,28)(H,25,29)/t20-/m1/s1. The first-order valence-electron chi connectivity index (χ1n) is 9.87. The molecular weight excluding hydrogens is 428 g/mol. The number of hydrazine groups is 1. The number of nitrogens with one attached hydrogen (secondary N) is 2. The van der Waals surface area contributed by atoms with Gasteiger partial charge >= 0.3 is 0 Å². The van der Waals surface area contributed by atoms with Crippen molar-refractivity contribution in [3.05, 3.63) is 83.9 Å². The highest BCUT2D eigenvalue weighted by Crippen LogP contribution is 2.31. The van der Waals surface area contributed by atoms with Crippen LogP contribution in [0.15, 0.2) is 78.2 Å². The Balaban J connectivity index is 1.32. The fourth-order valence-corrected chi connectivity index (χ4v) is 3.95. The van der Waals surface area contributed by atoms with Gasteiger partial charge < -0.3 is 9.47 Å². The molecule has 2 aromatic heterocycles. The Hall–Kier alpha value is -4.11. The number of hydrogen-bond acceptors (Lipinski definition) is 6. The van der Waals surface area contributed by atoms with E-state index >= 15 is 0 Å². The van der Waals surface area contributed by atoms with Crippen LogP contribution < -0.4 is 20.3 Å². The molecule has 8 nitrogen and oxygen atoms in total. The molecule has 2 aromatic carbocycles. The van der Waals surface area contributed by atoms with E-state index in [2.05, 4.69) is 16.0 Å². The van der Waals surface area contributed by atoms with Gasteiger partial charge in [-0.3, -0.25) is 20.4 Å². The van der Waals surface area contributed by atoms with Crippen molar-refractivity contribution in [2.45, 2.75) is 6.10 Å². The molecule has 1 aliphatic rings. The van der Waals surface area contributed by atoms with E-state index in [4.69, 9.17) is 9.47 Å². The Morgan fingerprint density at radius 3 is 2.53 bits per heavy atom. The number of benzene rings is 2. The second-order valence-electron chi connectivity index (χ2n) is 6.95.